The zero-order valence-electron chi connectivity index (χ0n) is 10.2. The largest absolute Gasteiger partial charge is 0.330 e. The molecule has 1 aliphatic rings. The summed E-state index contributed by atoms with van der Waals surface area (Å²) in [6, 6.07) is 0. The van der Waals surface area contributed by atoms with Crippen LogP contribution in [-0.4, -0.2) is 29.7 Å². The van der Waals surface area contributed by atoms with Crippen molar-refractivity contribution in [2.45, 2.75) is 46.1 Å². The molecule has 15 heavy (non-hydrogen) atoms. The normalized spacial score (nSPS) is 27.5. The van der Waals surface area contributed by atoms with Crippen LogP contribution in [0.3, 0.4) is 0 Å². The molecule has 0 bridgehead atoms. The zero-order chi connectivity index (χ0) is 11.7. The summed E-state index contributed by atoms with van der Waals surface area (Å²) in [5, 5.41) is 1.48. The Bertz CT molecular complexity index is 253. The van der Waals surface area contributed by atoms with Gasteiger partial charge in [-0.2, -0.15) is 0 Å². The Hall–Kier alpha value is -0.610. The minimum atomic E-state index is -0.318. The summed E-state index contributed by atoms with van der Waals surface area (Å²) in [7, 11) is 0. The van der Waals surface area contributed by atoms with E-state index in [0.29, 0.717) is 19.5 Å². The Morgan fingerprint density at radius 1 is 1.60 bits per heavy atom. The molecule has 1 saturated heterocycles. The lowest BCUT2D eigenvalue weighted by Crippen LogP contribution is -2.39. The SMILES string of the molecule is CCC1(C)CC(=O)N(CC(C)(C)CN)O1. The first-order valence-electron chi connectivity index (χ1n) is 5.51. The van der Waals surface area contributed by atoms with Gasteiger partial charge in [-0.25, -0.2) is 5.06 Å². The summed E-state index contributed by atoms with van der Waals surface area (Å²) in [5.74, 6) is 0.0703. The van der Waals surface area contributed by atoms with Crippen LogP contribution >= 0.6 is 0 Å². The van der Waals surface area contributed by atoms with Gasteiger partial charge in [0, 0.05) is 0 Å². The molecule has 0 aromatic carbocycles. The smallest absolute Gasteiger partial charge is 0.249 e. The molecule has 2 N–H and O–H groups in total. The van der Waals surface area contributed by atoms with E-state index in [1.165, 1.54) is 5.06 Å². The van der Waals surface area contributed by atoms with E-state index in [4.69, 9.17) is 10.6 Å². The summed E-state index contributed by atoms with van der Waals surface area (Å²) in [5.41, 5.74) is 5.23. The fourth-order valence-electron chi connectivity index (χ4n) is 1.52. The molecule has 1 amide bonds. The maximum Gasteiger partial charge on any atom is 0.249 e. The van der Waals surface area contributed by atoms with Gasteiger partial charge >= 0.3 is 0 Å². The van der Waals surface area contributed by atoms with E-state index in [0.717, 1.165) is 6.42 Å². The molecule has 4 nitrogen and oxygen atoms in total. The molecule has 1 fully saturated rings. The van der Waals surface area contributed by atoms with Crippen molar-refractivity contribution in [3.05, 3.63) is 0 Å². The number of carbonyl (C=O) groups excluding carboxylic acids is 1. The number of carbonyl (C=O) groups is 1. The highest BCUT2D eigenvalue weighted by molar-refractivity contribution is 5.77. The van der Waals surface area contributed by atoms with Crippen LogP contribution < -0.4 is 5.73 Å². The number of nitrogens with zero attached hydrogens (tertiary/aromatic N) is 1. The highest BCUT2D eigenvalue weighted by Gasteiger charge is 2.41. The molecule has 0 spiro atoms. The van der Waals surface area contributed by atoms with Gasteiger partial charge in [0.05, 0.1) is 13.0 Å². The lowest BCUT2D eigenvalue weighted by atomic mass is 9.93. The van der Waals surface area contributed by atoms with Crippen molar-refractivity contribution in [2.24, 2.45) is 11.1 Å². The van der Waals surface area contributed by atoms with Gasteiger partial charge in [0.1, 0.15) is 5.60 Å². The first kappa shape index (κ1) is 12.5. The molecule has 88 valence electrons. The highest BCUT2D eigenvalue weighted by atomic mass is 16.7. The van der Waals surface area contributed by atoms with Gasteiger partial charge in [0.25, 0.3) is 0 Å². The maximum atomic E-state index is 11.7. The third-order valence-electron chi connectivity index (χ3n) is 3.01. The molecule has 0 aliphatic carbocycles. The quantitative estimate of drug-likeness (QED) is 0.767. The van der Waals surface area contributed by atoms with Crippen molar-refractivity contribution >= 4 is 5.91 Å². The van der Waals surface area contributed by atoms with E-state index < -0.39 is 0 Å². The Morgan fingerprint density at radius 3 is 2.60 bits per heavy atom. The predicted octanol–water partition coefficient (Wildman–Crippen LogP) is 1.30. The number of rotatable bonds is 4. The number of amides is 1. The molecule has 1 heterocycles. The van der Waals surface area contributed by atoms with Crippen LogP contribution in [0.5, 0.6) is 0 Å². The van der Waals surface area contributed by atoms with E-state index in [1.54, 1.807) is 0 Å². The minimum absolute atomic E-state index is 0.0703. The molecule has 1 unspecified atom stereocenters. The van der Waals surface area contributed by atoms with E-state index in [9.17, 15) is 4.79 Å². The number of nitrogens with two attached hydrogens (primary N) is 1. The Balaban J connectivity index is 2.63. The lowest BCUT2D eigenvalue weighted by Gasteiger charge is -2.29. The van der Waals surface area contributed by atoms with Crippen molar-refractivity contribution in [3.63, 3.8) is 0 Å². The van der Waals surface area contributed by atoms with Crippen LogP contribution in [0.15, 0.2) is 0 Å². The second-order valence-electron chi connectivity index (χ2n) is 5.37. The highest BCUT2D eigenvalue weighted by Crippen LogP contribution is 2.31. The Morgan fingerprint density at radius 2 is 2.20 bits per heavy atom. The molecule has 1 aliphatic heterocycles. The molecule has 1 atom stereocenters. The van der Waals surface area contributed by atoms with Crippen LogP contribution in [0.4, 0.5) is 0 Å². The number of hydrogen-bond donors (Lipinski definition) is 1. The molecule has 1 rings (SSSR count). The van der Waals surface area contributed by atoms with Gasteiger partial charge in [-0.1, -0.05) is 20.8 Å². The van der Waals surface area contributed by atoms with Crippen LogP contribution in [0, 0.1) is 5.41 Å². The van der Waals surface area contributed by atoms with Crippen molar-refractivity contribution < 1.29 is 9.63 Å². The first-order chi connectivity index (χ1) is 6.82. The average molecular weight is 214 g/mol. The predicted molar refractivity (Wildman–Crippen MR) is 58.9 cm³/mol. The number of hydroxylamine groups is 2. The van der Waals surface area contributed by atoms with Crippen molar-refractivity contribution in [2.75, 3.05) is 13.1 Å². The van der Waals surface area contributed by atoms with Gasteiger partial charge in [0.15, 0.2) is 0 Å². The first-order valence-corrected chi connectivity index (χ1v) is 5.51. The molecule has 0 aromatic rings. The van der Waals surface area contributed by atoms with Gasteiger partial charge in [0.2, 0.25) is 5.91 Å². The second-order valence-corrected chi connectivity index (χ2v) is 5.37. The summed E-state index contributed by atoms with van der Waals surface area (Å²) in [6.07, 6.45) is 1.32. The molecular formula is C11H22N2O2. The van der Waals surface area contributed by atoms with Crippen LogP contribution in [-0.2, 0) is 9.63 Å². The van der Waals surface area contributed by atoms with Crippen molar-refractivity contribution in [1.82, 2.24) is 5.06 Å². The molecule has 0 radical (unpaired) electrons. The summed E-state index contributed by atoms with van der Waals surface area (Å²) in [6.45, 7) is 9.18. The number of hydrogen-bond acceptors (Lipinski definition) is 3. The van der Waals surface area contributed by atoms with E-state index in [2.05, 4.69) is 0 Å². The van der Waals surface area contributed by atoms with Gasteiger partial charge in [-0.15, -0.1) is 0 Å². The van der Waals surface area contributed by atoms with Crippen molar-refractivity contribution in [3.8, 4) is 0 Å². The minimum Gasteiger partial charge on any atom is -0.330 e. The molecule has 4 heteroatoms. The molecule has 0 saturated carbocycles. The Kier molecular flexibility index (Phi) is 3.41. The maximum absolute atomic E-state index is 11.7. The fourth-order valence-corrected chi connectivity index (χ4v) is 1.52. The molecule has 0 aromatic heterocycles. The fraction of sp³-hybridized carbons (Fsp3) is 0.909. The van der Waals surface area contributed by atoms with E-state index in [-0.39, 0.29) is 16.9 Å². The van der Waals surface area contributed by atoms with Gasteiger partial charge in [-0.3, -0.25) is 9.63 Å². The topological polar surface area (TPSA) is 55.6 Å². The lowest BCUT2D eigenvalue weighted by molar-refractivity contribution is -0.203. The van der Waals surface area contributed by atoms with Crippen LogP contribution in [0.2, 0.25) is 0 Å². The van der Waals surface area contributed by atoms with Crippen molar-refractivity contribution in [1.29, 1.82) is 0 Å². The van der Waals surface area contributed by atoms with E-state index in [1.807, 2.05) is 27.7 Å². The second kappa shape index (κ2) is 4.10. The van der Waals surface area contributed by atoms with Gasteiger partial charge in [-0.05, 0) is 25.3 Å². The standard InChI is InChI=1S/C11H22N2O2/c1-5-11(4)6-9(14)13(15-11)8-10(2,3)7-12/h5-8,12H2,1-4H3. The van der Waals surface area contributed by atoms with Crippen LogP contribution in [0.1, 0.15) is 40.5 Å². The monoisotopic (exact) mass is 214 g/mol. The summed E-state index contributed by atoms with van der Waals surface area (Å²) in [4.78, 5) is 17.4. The van der Waals surface area contributed by atoms with Gasteiger partial charge < -0.3 is 5.73 Å². The summed E-state index contributed by atoms with van der Waals surface area (Å²) >= 11 is 0. The summed E-state index contributed by atoms with van der Waals surface area (Å²) < 4.78 is 0. The third kappa shape index (κ3) is 2.92. The van der Waals surface area contributed by atoms with E-state index >= 15 is 0 Å². The third-order valence-corrected chi connectivity index (χ3v) is 3.01. The average Bonchev–Trinajstić information content (AvgIpc) is 2.42. The zero-order valence-corrected chi connectivity index (χ0v) is 10.2. The Labute approximate surface area is 91.7 Å². The van der Waals surface area contributed by atoms with Crippen LogP contribution in [0.25, 0.3) is 0 Å². The molecular weight excluding hydrogens is 192 g/mol.